The smallest absolute Gasteiger partial charge is 0.145 e. The van der Waals surface area contributed by atoms with Crippen LogP contribution in [-0.4, -0.2) is 42.5 Å². The molecule has 2 rings (SSSR count). The summed E-state index contributed by atoms with van der Waals surface area (Å²) in [6.07, 6.45) is 7.44. The summed E-state index contributed by atoms with van der Waals surface area (Å²) in [7, 11) is 0.710. The standard InChI is InChI=1S/C17H26N4OSi/c1-6-14(11-18-2)16-15-7-8-21(17(15)20-12-19-16)13-22-9-10-23(3,4)5/h6-8,11-12H,9-10,13H2,1-5H3/b14-6+,18-11?. The minimum Gasteiger partial charge on any atom is -0.361 e. The Hall–Kier alpha value is -1.79. The molecule has 2 aromatic rings. The molecule has 0 saturated heterocycles. The summed E-state index contributed by atoms with van der Waals surface area (Å²) in [6, 6.07) is 3.21. The highest BCUT2D eigenvalue weighted by Gasteiger charge is 2.13. The van der Waals surface area contributed by atoms with Gasteiger partial charge in [-0.2, -0.15) is 0 Å². The van der Waals surface area contributed by atoms with E-state index in [2.05, 4.69) is 34.6 Å². The molecule has 0 N–H and O–H groups in total. The van der Waals surface area contributed by atoms with Gasteiger partial charge in [0.25, 0.3) is 0 Å². The number of rotatable bonds is 7. The van der Waals surface area contributed by atoms with Crippen molar-refractivity contribution in [2.75, 3.05) is 13.7 Å². The molecule has 0 aromatic carbocycles. The molecule has 0 atom stereocenters. The number of aliphatic imine (C=N–C) groups is 1. The molecule has 0 unspecified atom stereocenters. The molecule has 0 fully saturated rings. The van der Waals surface area contributed by atoms with Crippen LogP contribution in [-0.2, 0) is 11.5 Å². The zero-order chi connectivity index (χ0) is 16.9. The van der Waals surface area contributed by atoms with Gasteiger partial charge < -0.3 is 9.30 Å². The van der Waals surface area contributed by atoms with Crippen LogP contribution in [0.15, 0.2) is 29.7 Å². The van der Waals surface area contributed by atoms with Crippen molar-refractivity contribution >= 4 is 30.9 Å². The van der Waals surface area contributed by atoms with Crippen molar-refractivity contribution in [3.8, 4) is 0 Å². The van der Waals surface area contributed by atoms with Crippen molar-refractivity contribution in [2.24, 2.45) is 4.99 Å². The van der Waals surface area contributed by atoms with Crippen molar-refractivity contribution in [1.82, 2.24) is 14.5 Å². The van der Waals surface area contributed by atoms with Crippen LogP contribution in [0.5, 0.6) is 0 Å². The number of fused-ring (bicyclic) bond motifs is 1. The van der Waals surface area contributed by atoms with E-state index in [-0.39, 0.29) is 0 Å². The number of hydrogen-bond acceptors (Lipinski definition) is 4. The average Bonchev–Trinajstić information content (AvgIpc) is 2.91. The SMILES string of the molecule is C/C=C(\C=NC)c1ncnc2c1ccn2COCC[Si](C)(C)C. The van der Waals surface area contributed by atoms with Crippen molar-refractivity contribution in [1.29, 1.82) is 0 Å². The van der Waals surface area contributed by atoms with Crippen molar-refractivity contribution < 1.29 is 4.74 Å². The van der Waals surface area contributed by atoms with Gasteiger partial charge in [-0.3, -0.25) is 4.99 Å². The van der Waals surface area contributed by atoms with E-state index in [0.717, 1.165) is 28.9 Å². The van der Waals surface area contributed by atoms with Crippen LogP contribution < -0.4 is 0 Å². The van der Waals surface area contributed by atoms with Gasteiger partial charge in [-0.15, -0.1) is 0 Å². The average molecular weight is 331 g/mol. The highest BCUT2D eigenvalue weighted by Crippen LogP contribution is 2.22. The summed E-state index contributed by atoms with van der Waals surface area (Å²) < 4.78 is 7.86. The van der Waals surface area contributed by atoms with Crippen LogP contribution in [0.1, 0.15) is 12.6 Å². The third-order valence-electron chi connectivity index (χ3n) is 3.64. The number of ether oxygens (including phenoxy) is 1. The second kappa shape index (κ2) is 7.65. The third kappa shape index (κ3) is 4.59. The Labute approximate surface area is 139 Å². The Morgan fingerprint density at radius 1 is 1.35 bits per heavy atom. The maximum absolute atomic E-state index is 5.83. The first-order valence-corrected chi connectivity index (χ1v) is 11.6. The molecule has 0 aliphatic rings. The highest BCUT2D eigenvalue weighted by molar-refractivity contribution is 6.76. The minimum atomic E-state index is -1.05. The lowest BCUT2D eigenvalue weighted by Gasteiger charge is -2.15. The van der Waals surface area contributed by atoms with Gasteiger partial charge in [0.15, 0.2) is 0 Å². The summed E-state index contributed by atoms with van der Waals surface area (Å²) in [5.41, 5.74) is 2.80. The fourth-order valence-electron chi connectivity index (χ4n) is 2.29. The van der Waals surface area contributed by atoms with Crippen LogP contribution in [0.3, 0.4) is 0 Å². The maximum atomic E-state index is 5.83. The zero-order valence-corrected chi connectivity index (χ0v) is 15.7. The summed E-state index contributed by atoms with van der Waals surface area (Å²) >= 11 is 0. The van der Waals surface area contributed by atoms with Gasteiger partial charge in [0, 0.05) is 45.1 Å². The van der Waals surface area contributed by atoms with Crippen LogP contribution in [0.4, 0.5) is 0 Å². The minimum absolute atomic E-state index is 0.525. The molecule has 0 aliphatic heterocycles. The number of hydrogen-bond donors (Lipinski definition) is 0. The van der Waals surface area contributed by atoms with Crippen LogP contribution in [0.2, 0.25) is 25.7 Å². The van der Waals surface area contributed by atoms with E-state index in [1.165, 1.54) is 6.04 Å². The molecule has 5 nitrogen and oxygen atoms in total. The summed E-state index contributed by atoms with van der Waals surface area (Å²) in [4.78, 5) is 12.9. The van der Waals surface area contributed by atoms with E-state index in [1.54, 1.807) is 13.4 Å². The number of aromatic nitrogens is 3. The van der Waals surface area contributed by atoms with Gasteiger partial charge in [0.05, 0.1) is 5.69 Å². The second-order valence-electron chi connectivity index (χ2n) is 6.72. The fraction of sp³-hybridized carbons (Fsp3) is 0.471. The molecule has 6 heteroatoms. The van der Waals surface area contributed by atoms with Crippen LogP contribution in [0, 0.1) is 0 Å². The molecule has 2 aromatic heterocycles. The predicted molar refractivity (Wildman–Crippen MR) is 99.7 cm³/mol. The lowest BCUT2D eigenvalue weighted by molar-refractivity contribution is 0.0899. The van der Waals surface area contributed by atoms with Crippen molar-refractivity contribution in [3.63, 3.8) is 0 Å². The van der Waals surface area contributed by atoms with E-state index in [1.807, 2.05) is 36.0 Å². The molecule has 0 amide bonds. The van der Waals surface area contributed by atoms with Gasteiger partial charge in [0.2, 0.25) is 0 Å². The molecule has 2 heterocycles. The van der Waals surface area contributed by atoms with Gasteiger partial charge in [0.1, 0.15) is 18.7 Å². The fourth-order valence-corrected chi connectivity index (χ4v) is 3.05. The molecule has 0 saturated carbocycles. The maximum Gasteiger partial charge on any atom is 0.145 e. The predicted octanol–water partition coefficient (Wildman–Crippen LogP) is 3.85. The quantitative estimate of drug-likeness (QED) is 0.440. The van der Waals surface area contributed by atoms with Crippen LogP contribution in [0.25, 0.3) is 16.6 Å². The van der Waals surface area contributed by atoms with E-state index >= 15 is 0 Å². The topological polar surface area (TPSA) is 52.3 Å². The molecule has 0 radical (unpaired) electrons. The monoisotopic (exact) mass is 330 g/mol. The number of allylic oxidation sites excluding steroid dienone is 2. The summed E-state index contributed by atoms with van der Waals surface area (Å²) in [5.74, 6) is 0. The van der Waals surface area contributed by atoms with Gasteiger partial charge in [-0.25, -0.2) is 9.97 Å². The molecule has 23 heavy (non-hydrogen) atoms. The second-order valence-corrected chi connectivity index (χ2v) is 12.3. The molecular weight excluding hydrogens is 304 g/mol. The summed E-state index contributed by atoms with van der Waals surface area (Å²) in [5, 5.41) is 1.02. The Morgan fingerprint density at radius 2 is 2.13 bits per heavy atom. The summed E-state index contributed by atoms with van der Waals surface area (Å²) in [6.45, 7) is 10.4. The van der Waals surface area contributed by atoms with Crippen LogP contribution >= 0.6 is 0 Å². The highest BCUT2D eigenvalue weighted by atomic mass is 28.3. The van der Waals surface area contributed by atoms with Gasteiger partial charge in [-0.1, -0.05) is 25.7 Å². The van der Waals surface area contributed by atoms with Gasteiger partial charge in [-0.05, 0) is 19.0 Å². The first kappa shape index (κ1) is 17.6. The van der Waals surface area contributed by atoms with E-state index in [4.69, 9.17) is 4.74 Å². The Morgan fingerprint density at radius 3 is 2.78 bits per heavy atom. The molecule has 0 spiro atoms. The molecule has 0 bridgehead atoms. The molecular formula is C17H26N4OSi. The first-order chi connectivity index (χ1) is 11.0. The molecule has 124 valence electrons. The van der Waals surface area contributed by atoms with E-state index in [0.29, 0.717) is 6.73 Å². The van der Waals surface area contributed by atoms with Gasteiger partial charge >= 0.3 is 0 Å². The Bertz CT molecular complexity index is 713. The lowest BCUT2D eigenvalue weighted by atomic mass is 10.1. The van der Waals surface area contributed by atoms with E-state index < -0.39 is 8.07 Å². The van der Waals surface area contributed by atoms with Crippen molar-refractivity contribution in [3.05, 3.63) is 30.4 Å². The third-order valence-corrected chi connectivity index (χ3v) is 5.34. The zero-order valence-electron chi connectivity index (χ0n) is 14.7. The van der Waals surface area contributed by atoms with Crippen molar-refractivity contribution in [2.45, 2.75) is 39.3 Å². The van der Waals surface area contributed by atoms with E-state index in [9.17, 15) is 0 Å². The lowest BCUT2D eigenvalue weighted by Crippen LogP contribution is -2.22. The largest absolute Gasteiger partial charge is 0.361 e. The normalized spacial score (nSPS) is 13.3. The molecule has 0 aliphatic carbocycles. The first-order valence-electron chi connectivity index (χ1n) is 7.92. The Kier molecular flexibility index (Phi) is 5.84. The Balaban J connectivity index is 2.18. The number of nitrogens with zero attached hydrogens (tertiary/aromatic N) is 4.